The van der Waals surface area contributed by atoms with Gasteiger partial charge in [0.15, 0.2) is 0 Å². The highest BCUT2D eigenvalue weighted by atomic mass is 35.5. The number of halogens is 1. The summed E-state index contributed by atoms with van der Waals surface area (Å²) in [5, 5.41) is 16.1. The smallest absolute Gasteiger partial charge is 0.255 e. The first-order valence-corrected chi connectivity index (χ1v) is 7.59. The fraction of sp³-hybridized carbons (Fsp3) is 0.533. The summed E-state index contributed by atoms with van der Waals surface area (Å²) < 4.78 is 5.57. The van der Waals surface area contributed by atoms with Gasteiger partial charge in [-0.25, -0.2) is 0 Å². The molecule has 0 aromatic heterocycles. The minimum atomic E-state index is -0.416. The predicted molar refractivity (Wildman–Crippen MR) is 81.9 cm³/mol. The number of hydrogen-bond donors (Lipinski definition) is 3. The van der Waals surface area contributed by atoms with Crippen LogP contribution >= 0.6 is 11.6 Å². The number of rotatable bonds is 6. The average Bonchev–Trinajstić information content (AvgIpc) is 2.88. The monoisotopic (exact) mass is 312 g/mol. The Morgan fingerprint density at radius 2 is 2.33 bits per heavy atom. The highest BCUT2D eigenvalue weighted by molar-refractivity contribution is 6.31. The number of aliphatic hydroxyl groups excluding tert-OH is 1. The molecule has 0 saturated carbocycles. The van der Waals surface area contributed by atoms with Gasteiger partial charge in [-0.1, -0.05) is 18.5 Å². The molecule has 0 aliphatic carbocycles. The molecule has 0 spiro atoms. The molecule has 1 fully saturated rings. The number of nitrogens with one attached hydrogen (secondary N) is 2. The van der Waals surface area contributed by atoms with Crippen molar-refractivity contribution in [2.24, 2.45) is 5.92 Å². The molecule has 1 aromatic carbocycles. The van der Waals surface area contributed by atoms with Crippen molar-refractivity contribution in [1.29, 1.82) is 0 Å². The lowest BCUT2D eigenvalue weighted by atomic mass is 10.1. The molecule has 1 aliphatic rings. The SMILES string of the molecule is CCCOc1ccc(Cl)cc1C(=O)NCC1CNCC1O. The van der Waals surface area contributed by atoms with Crippen LogP contribution in [-0.2, 0) is 0 Å². The van der Waals surface area contributed by atoms with Crippen LogP contribution in [0.3, 0.4) is 0 Å². The van der Waals surface area contributed by atoms with Crippen molar-refractivity contribution in [2.45, 2.75) is 19.4 Å². The van der Waals surface area contributed by atoms with E-state index in [1.807, 2.05) is 6.92 Å². The van der Waals surface area contributed by atoms with E-state index in [4.69, 9.17) is 16.3 Å². The van der Waals surface area contributed by atoms with E-state index in [9.17, 15) is 9.90 Å². The Labute approximate surface area is 129 Å². The molecule has 0 radical (unpaired) electrons. The van der Waals surface area contributed by atoms with Crippen LogP contribution in [0.4, 0.5) is 0 Å². The highest BCUT2D eigenvalue weighted by Crippen LogP contribution is 2.23. The van der Waals surface area contributed by atoms with Crippen molar-refractivity contribution in [3.05, 3.63) is 28.8 Å². The van der Waals surface area contributed by atoms with Crippen molar-refractivity contribution in [3.8, 4) is 5.75 Å². The van der Waals surface area contributed by atoms with Crippen LogP contribution in [-0.4, -0.2) is 43.4 Å². The van der Waals surface area contributed by atoms with E-state index in [2.05, 4.69) is 10.6 Å². The quantitative estimate of drug-likeness (QED) is 0.743. The molecule has 116 valence electrons. The second-order valence-electron chi connectivity index (χ2n) is 5.18. The molecule has 2 unspecified atom stereocenters. The Kier molecular flexibility index (Phi) is 5.85. The first-order valence-electron chi connectivity index (χ1n) is 7.21. The topological polar surface area (TPSA) is 70.6 Å². The lowest BCUT2D eigenvalue weighted by molar-refractivity contribution is 0.0923. The van der Waals surface area contributed by atoms with Crippen molar-refractivity contribution in [1.82, 2.24) is 10.6 Å². The second-order valence-corrected chi connectivity index (χ2v) is 5.62. The first kappa shape index (κ1) is 16.1. The molecule has 0 bridgehead atoms. The molecule has 1 aromatic rings. The molecule has 2 atom stereocenters. The number of carbonyl (C=O) groups is 1. The lowest BCUT2D eigenvalue weighted by Crippen LogP contribution is -2.34. The summed E-state index contributed by atoms with van der Waals surface area (Å²) in [5.74, 6) is 0.333. The van der Waals surface area contributed by atoms with Crippen molar-refractivity contribution in [2.75, 3.05) is 26.2 Å². The molecule has 1 saturated heterocycles. The van der Waals surface area contributed by atoms with Crippen molar-refractivity contribution in [3.63, 3.8) is 0 Å². The van der Waals surface area contributed by atoms with E-state index in [1.165, 1.54) is 0 Å². The Bertz CT molecular complexity index is 496. The fourth-order valence-electron chi connectivity index (χ4n) is 2.26. The van der Waals surface area contributed by atoms with Crippen LogP contribution in [0.15, 0.2) is 18.2 Å². The minimum absolute atomic E-state index is 0.0353. The molecule has 2 rings (SSSR count). The Balaban J connectivity index is 2.01. The number of β-amino-alcohol motifs (C(OH)–C–C–N with tert-alkyl or cyclic N) is 1. The maximum atomic E-state index is 12.3. The third-order valence-electron chi connectivity index (χ3n) is 3.48. The molecule has 21 heavy (non-hydrogen) atoms. The van der Waals surface area contributed by atoms with Gasteiger partial charge in [-0.05, 0) is 24.6 Å². The van der Waals surface area contributed by atoms with Gasteiger partial charge in [0.1, 0.15) is 5.75 Å². The zero-order valence-electron chi connectivity index (χ0n) is 12.1. The van der Waals surface area contributed by atoms with Crippen LogP contribution in [0.1, 0.15) is 23.7 Å². The number of amides is 1. The van der Waals surface area contributed by atoms with E-state index >= 15 is 0 Å². The van der Waals surface area contributed by atoms with E-state index in [0.29, 0.717) is 42.6 Å². The molecule has 1 heterocycles. The van der Waals surface area contributed by atoms with Crippen LogP contribution in [0.2, 0.25) is 5.02 Å². The van der Waals surface area contributed by atoms with Gasteiger partial charge in [0.05, 0.1) is 18.3 Å². The van der Waals surface area contributed by atoms with Crippen LogP contribution < -0.4 is 15.4 Å². The Morgan fingerprint density at radius 3 is 3.00 bits per heavy atom. The zero-order valence-corrected chi connectivity index (χ0v) is 12.8. The highest BCUT2D eigenvalue weighted by Gasteiger charge is 2.25. The molecular formula is C15H21ClN2O3. The molecule has 5 nitrogen and oxygen atoms in total. The number of aliphatic hydroxyl groups is 1. The largest absolute Gasteiger partial charge is 0.493 e. The number of ether oxygens (including phenoxy) is 1. The average molecular weight is 313 g/mol. The van der Waals surface area contributed by atoms with Gasteiger partial charge in [-0.2, -0.15) is 0 Å². The summed E-state index contributed by atoms with van der Waals surface area (Å²) in [4.78, 5) is 12.3. The summed E-state index contributed by atoms with van der Waals surface area (Å²) in [6.07, 6.45) is 0.448. The first-order chi connectivity index (χ1) is 10.1. The van der Waals surface area contributed by atoms with Crippen molar-refractivity contribution < 1.29 is 14.6 Å². The third kappa shape index (κ3) is 4.33. The Morgan fingerprint density at radius 1 is 1.52 bits per heavy atom. The Hall–Kier alpha value is -1.30. The number of carbonyl (C=O) groups excluding carboxylic acids is 1. The van der Waals surface area contributed by atoms with Gasteiger partial charge in [0.25, 0.3) is 5.91 Å². The predicted octanol–water partition coefficient (Wildman–Crippen LogP) is 1.44. The van der Waals surface area contributed by atoms with Gasteiger partial charge >= 0.3 is 0 Å². The fourth-order valence-corrected chi connectivity index (χ4v) is 2.44. The van der Waals surface area contributed by atoms with Gasteiger partial charge in [0, 0.05) is 30.6 Å². The molecule has 1 aliphatic heterocycles. The second kappa shape index (κ2) is 7.64. The standard InChI is InChI=1S/C15H21ClN2O3/c1-2-5-21-14-4-3-11(16)6-12(14)15(20)18-8-10-7-17-9-13(10)19/h3-4,6,10,13,17,19H,2,5,7-9H2,1H3,(H,18,20). The third-order valence-corrected chi connectivity index (χ3v) is 3.71. The van der Waals surface area contributed by atoms with Crippen LogP contribution in [0.5, 0.6) is 5.75 Å². The molecule has 6 heteroatoms. The maximum absolute atomic E-state index is 12.3. The molecular weight excluding hydrogens is 292 g/mol. The van der Waals surface area contributed by atoms with Crippen molar-refractivity contribution >= 4 is 17.5 Å². The van der Waals surface area contributed by atoms with Gasteiger partial charge in [-0.15, -0.1) is 0 Å². The minimum Gasteiger partial charge on any atom is -0.493 e. The van der Waals surface area contributed by atoms with E-state index in [-0.39, 0.29) is 11.8 Å². The summed E-state index contributed by atoms with van der Waals surface area (Å²) in [7, 11) is 0. The summed E-state index contributed by atoms with van der Waals surface area (Å²) in [6.45, 7) is 4.25. The van der Waals surface area contributed by atoms with Gasteiger partial charge in [0.2, 0.25) is 0 Å². The molecule has 1 amide bonds. The van der Waals surface area contributed by atoms with Crippen LogP contribution in [0, 0.1) is 5.92 Å². The zero-order chi connectivity index (χ0) is 15.2. The van der Waals surface area contributed by atoms with E-state index in [1.54, 1.807) is 18.2 Å². The van der Waals surface area contributed by atoms with Crippen LogP contribution in [0.25, 0.3) is 0 Å². The summed E-state index contributed by atoms with van der Waals surface area (Å²) in [5.41, 5.74) is 0.427. The number of benzene rings is 1. The lowest BCUT2D eigenvalue weighted by Gasteiger charge is -2.16. The number of hydrogen-bond acceptors (Lipinski definition) is 4. The summed E-state index contributed by atoms with van der Waals surface area (Å²) >= 11 is 5.96. The van der Waals surface area contributed by atoms with E-state index in [0.717, 1.165) is 6.42 Å². The molecule has 3 N–H and O–H groups in total. The maximum Gasteiger partial charge on any atom is 0.255 e. The van der Waals surface area contributed by atoms with Gasteiger partial charge < -0.3 is 20.5 Å². The summed E-state index contributed by atoms with van der Waals surface area (Å²) in [6, 6.07) is 5.01. The van der Waals surface area contributed by atoms with E-state index < -0.39 is 6.10 Å². The normalized spacial score (nSPS) is 21.3. The van der Waals surface area contributed by atoms with Gasteiger partial charge in [-0.3, -0.25) is 4.79 Å².